The number of nitrogens with one attached hydrogen (secondary N) is 2. The molecular formula is C31H35FN4O4. The van der Waals surface area contributed by atoms with Gasteiger partial charge in [-0.15, -0.1) is 0 Å². The Morgan fingerprint density at radius 2 is 1.70 bits per heavy atom. The van der Waals surface area contributed by atoms with Crippen molar-refractivity contribution >= 4 is 17.4 Å². The molecule has 4 aromatic rings. The highest BCUT2D eigenvalue weighted by Gasteiger charge is 2.23. The van der Waals surface area contributed by atoms with Gasteiger partial charge in [-0.25, -0.2) is 4.39 Å². The van der Waals surface area contributed by atoms with Gasteiger partial charge in [0.1, 0.15) is 34.4 Å². The molecule has 0 saturated heterocycles. The molecule has 2 N–H and O–H groups in total. The van der Waals surface area contributed by atoms with Crippen LogP contribution >= 0.6 is 0 Å². The van der Waals surface area contributed by atoms with Crippen molar-refractivity contribution in [3.63, 3.8) is 0 Å². The minimum Gasteiger partial charge on any atom is -0.497 e. The summed E-state index contributed by atoms with van der Waals surface area (Å²) >= 11 is 0. The Labute approximate surface area is 233 Å². The van der Waals surface area contributed by atoms with Crippen LogP contribution in [-0.4, -0.2) is 22.6 Å². The SMILES string of the molecule is CC.CCc1ccc(Nc2c(C(=O)NCc3ccc(OC)cc3)c(Oc3ccnc(C)c3)cc(=O)n2C)c(F)c1. The Balaban J connectivity index is 0.00000216. The molecule has 0 aliphatic heterocycles. The van der Waals surface area contributed by atoms with Gasteiger partial charge in [0.2, 0.25) is 0 Å². The van der Waals surface area contributed by atoms with E-state index in [1.54, 1.807) is 56.6 Å². The van der Waals surface area contributed by atoms with E-state index < -0.39 is 17.3 Å². The van der Waals surface area contributed by atoms with Crippen LogP contribution in [-0.2, 0) is 20.0 Å². The Morgan fingerprint density at radius 3 is 2.33 bits per heavy atom. The normalized spacial score (nSPS) is 10.3. The van der Waals surface area contributed by atoms with E-state index in [0.29, 0.717) is 23.6 Å². The van der Waals surface area contributed by atoms with Crippen LogP contribution < -0.4 is 25.7 Å². The fourth-order valence-electron chi connectivity index (χ4n) is 3.85. The third-order valence-corrected chi connectivity index (χ3v) is 6.03. The number of anilines is 2. The molecule has 0 radical (unpaired) electrons. The maximum absolute atomic E-state index is 14.9. The quantitative estimate of drug-likeness (QED) is 0.256. The third-order valence-electron chi connectivity index (χ3n) is 6.03. The van der Waals surface area contributed by atoms with E-state index in [1.807, 2.05) is 32.9 Å². The molecule has 0 saturated carbocycles. The maximum atomic E-state index is 14.9. The smallest absolute Gasteiger partial charge is 0.259 e. The number of hydrogen-bond donors (Lipinski definition) is 2. The van der Waals surface area contributed by atoms with Gasteiger partial charge >= 0.3 is 0 Å². The summed E-state index contributed by atoms with van der Waals surface area (Å²) in [4.78, 5) is 30.7. The van der Waals surface area contributed by atoms with E-state index >= 15 is 0 Å². The fourth-order valence-corrected chi connectivity index (χ4v) is 3.85. The maximum Gasteiger partial charge on any atom is 0.259 e. The summed E-state index contributed by atoms with van der Waals surface area (Å²) in [5.74, 6) is 0.207. The summed E-state index contributed by atoms with van der Waals surface area (Å²) in [6.45, 7) is 7.94. The van der Waals surface area contributed by atoms with Gasteiger partial charge in [0.05, 0.1) is 12.8 Å². The van der Waals surface area contributed by atoms with Crippen molar-refractivity contribution in [1.29, 1.82) is 0 Å². The first-order chi connectivity index (χ1) is 19.3. The van der Waals surface area contributed by atoms with Gasteiger partial charge in [-0.3, -0.25) is 19.1 Å². The number of carbonyl (C=O) groups excluding carboxylic acids is 1. The molecule has 210 valence electrons. The molecule has 0 atom stereocenters. The van der Waals surface area contributed by atoms with Gasteiger partial charge in [-0.2, -0.15) is 0 Å². The first-order valence-corrected chi connectivity index (χ1v) is 13.1. The average Bonchev–Trinajstić information content (AvgIpc) is 2.96. The number of rotatable bonds is 9. The summed E-state index contributed by atoms with van der Waals surface area (Å²) < 4.78 is 27.4. The van der Waals surface area contributed by atoms with Crippen LogP contribution in [0.5, 0.6) is 17.2 Å². The van der Waals surface area contributed by atoms with Crippen LogP contribution in [0.1, 0.15) is 48.0 Å². The Morgan fingerprint density at radius 1 is 1.00 bits per heavy atom. The van der Waals surface area contributed by atoms with Crippen LogP contribution in [0.3, 0.4) is 0 Å². The van der Waals surface area contributed by atoms with Crippen molar-refractivity contribution in [3.05, 3.63) is 105 Å². The number of nitrogens with zero attached hydrogens (tertiary/aromatic N) is 2. The standard InChI is InChI=1S/C29H29FN4O4.C2H6/c1-5-19-8-11-24(23(30)15-19)33-28-27(29(36)32-17-20-6-9-21(37-4)10-7-20)25(16-26(35)34(28)3)38-22-12-13-31-18(2)14-22;1-2/h6-16,33H,5,17H2,1-4H3,(H,32,36);1-2H3. The molecule has 1 amide bonds. The lowest BCUT2D eigenvalue weighted by Crippen LogP contribution is -2.29. The number of hydrogen-bond acceptors (Lipinski definition) is 6. The number of amides is 1. The van der Waals surface area contributed by atoms with Crippen molar-refractivity contribution in [2.24, 2.45) is 7.05 Å². The summed E-state index contributed by atoms with van der Waals surface area (Å²) in [5.41, 5.74) is 2.10. The zero-order chi connectivity index (χ0) is 29.2. The zero-order valence-corrected chi connectivity index (χ0v) is 23.7. The largest absolute Gasteiger partial charge is 0.497 e. The predicted molar refractivity (Wildman–Crippen MR) is 155 cm³/mol. The summed E-state index contributed by atoms with van der Waals surface area (Å²) in [6, 6.07) is 16.6. The first kappa shape index (κ1) is 29.9. The van der Waals surface area contributed by atoms with Gasteiger partial charge in [0, 0.05) is 37.6 Å². The van der Waals surface area contributed by atoms with Crippen molar-refractivity contribution in [3.8, 4) is 17.2 Å². The fraction of sp³-hybridized carbons (Fsp3) is 0.258. The Hall–Kier alpha value is -4.66. The molecule has 0 spiro atoms. The van der Waals surface area contributed by atoms with Crippen molar-refractivity contribution in [2.75, 3.05) is 12.4 Å². The number of carbonyl (C=O) groups is 1. The molecule has 0 unspecified atom stereocenters. The highest BCUT2D eigenvalue weighted by molar-refractivity contribution is 6.02. The average molecular weight is 547 g/mol. The molecule has 0 bridgehead atoms. The van der Waals surface area contributed by atoms with E-state index in [4.69, 9.17) is 9.47 Å². The number of methoxy groups -OCH3 is 1. The summed E-state index contributed by atoms with van der Waals surface area (Å²) in [6.07, 6.45) is 2.24. The lowest BCUT2D eigenvalue weighted by Gasteiger charge is -2.20. The second kappa shape index (κ2) is 13.9. The number of pyridine rings is 2. The lowest BCUT2D eigenvalue weighted by molar-refractivity contribution is 0.0948. The Kier molecular flexibility index (Phi) is 10.4. The van der Waals surface area contributed by atoms with E-state index in [9.17, 15) is 14.0 Å². The van der Waals surface area contributed by atoms with Crippen molar-refractivity contribution < 1.29 is 18.7 Å². The number of ether oxygens (including phenoxy) is 2. The Bertz CT molecular complexity index is 1520. The van der Waals surface area contributed by atoms with Crippen LogP contribution in [0.25, 0.3) is 0 Å². The van der Waals surface area contributed by atoms with E-state index in [2.05, 4.69) is 15.6 Å². The minimum atomic E-state index is -0.509. The molecule has 0 aliphatic rings. The lowest BCUT2D eigenvalue weighted by atomic mass is 10.1. The van der Waals surface area contributed by atoms with Crippen molar-refractivity contribution in [1.82, 2.24) is 14.9 Å². The van der Waals surface area contributed by atoms with Gasteiger partial charge < -0.3 is 20.1 Å². The molecular weight excluding hydrogens is 511 g/mol. The molecule has 2 aromatic carbocycles. The number of benzene rings is 2. The molecule has 4 rings (SSSR count). The van der Waals surface area contributed by atoms with Crippen molar-refractivity contribution in [2.45, 2.75) is 40.7 Å². The first-order valence-electron chi connectivity index (χ1n) is 13.1. The van der Waals surface area contributed by atoms with E-state index in [-0.39, 0.29) is 29.4 Å². The van der Waals surface area contributed by atoms with E-state index in [0.717, 1.165) is 11.1 Å². The number of aryl methyl sites for hydroxylation is 2. The zero-order valence-electron chi connectivity index (χ0n) is 23.7. The molecule has 0 aliphatic carbocycles. The van der Waals surface area contributed by atoms with Gasteiger partial charge in [-0.1, -0.05) is 39.0 Å². The molecule has 0 fully saturated rings. The second-order valence-corrected chi connectivity index (χ2v) is 8.69. The number of aromatic nitrogens is 2. The van der Waals surface area contributed by atoms with Crippen LogP contribution in [0.2, 0.25) is 0 Å². The molecule has 2 heterocycles. The molecule has 9 heteroatoms. The molecule has 40 heavy (non-hydrogen) atoms. The van der Waals surface area contributed by atoms with Gasteiger partial charge in [0.15, 0.2) is 0 Å². The minimum absolute atomic E-state index is 0.0269. The molecule has 2 aromatic heterocycles. The molecule has 8 nitrogen and oxygen atoms in total. The summed E-state index contributed by atoms with van der Waals surface area (Å²) in [7, 11) is 3.08. The highest BCUT2D eigenvalue weighted by atomic mass is 19.1. The van der Waals surface area contributed by atoms with Crippen LogP contribution in [0, 0.1) is 12.7 Å². The van der Waals surface area contributed by atoms with Crippen LogP contribution in [0.15, 0.2) is 71.7 Å². The third kappa shape index (κ3) is 7.25. The topological polar surface area (TPSA) is 94.5 Å². The second-order valence-electron chi connectivity index (χ2n) is 8.69. The number of halogens is 1. The predicted octanol–water partition coefficient (Wildman–Crippen LogP) is 6.29. The van der Waals surface area contributed by atoms with Crippen LogP contribution in [0.4, 0.5) is 15.9 Å². The highest BCUT2D eigenvalue weighted by Crippen LogP contribution is 2.32. The summed E-state index contributed by atoms with van der Waals surface area (Å²) in [5, 5.41) is 5.83. The van der Waals surface area contributed by atoms with E-state index in [1.165, 1.54) is 23.7 Å². The van der Waals surface area contributed by atoms with Gasteiger partial charge in [-0.05, 0) is 54.8 Å². The van der Waals surface area contributed by atoms with Gasteiger partial charge in [0.25, 0.3) is 11.5 Å². The monoisotopic (exact) mass is 546 g/mol.